The quantitative estimate of drug-likeness (QED) is 0.570. The Bertz CT molecular complexity index is 147. The van der Waals surface area contributed by atoms with E-state index in [0.717, 1.165) is 12.6 Å². The van der Waals surface area contributed by atoms with Crippen molar-refractivity contribution in [3.8, 4) is 0 Å². The number of rotatable bonds is 1. The maximum absolute atomic E-state index is 5.67. The zero-order valence-electron chi connectivity index (χ0n) is 7.63. The van der Waals surface area contributed by atoms with Gasteiger partial charge in [-0.3, -0.25) is 4.90 Å². The van der Waals surface area contributed by atoms with Crippen LogP contribution >= 0.6 is 0 Å². The lowest BCUT2D eigenvalue weighted by Gasteiger charge is -2.49. The molecule has 0 aliphatic carbocycles. The van der Waals surface area contributed by atoms with E-state index < -0.39 is 0 Å². The van der Waals surface area contributed by atoms with Crippen LogP contribution in [0.4, 0.5) is 0 Å². The van der Waals surface area contributed by atoms with Gasteiger partial charge in [-0.25, -0.2) is 0 Å². The minimum atomic E-state index is 0.690. The van der Waals surface area contributed by atoms with Gasteiger partial charge in [0.05, 0.1) is 0 Å². The second-order valence-electron chi connectivity index (χ2n) is 3.93. The summed E-state index contributed by atoms with van der Waals surface area (Å²) in [5, 5.41) is 3.48. The molecule has 0 bridgehead atoms. The molecule has 70 valence electrons. The van der Waals surface area contributed by atoms with E-state index in [1.807, 2.05) is 0 Å². The van der Waals surface area contributed by atoms with E-state index in [0.29, 0.717) is 6.04 Å². The Morgan fingerprint density at radius 3 is 3.17 bits per heavy atom. The molecule has 0 spiro atoms. The summed E-state index contributed by atoms with van der Waals surface area (Å²) in [6.45, 7) is 4.50. The fraction of sp³-hybridized carbons (Fsp3) is 1.00. The third kappa shape index (κ3) is 1.49. The lowest BCUT2D eigenvalue weighted by molar-refractivity contribution is 0.0144. The minimum absolute atomic E-state index is 0.690. The number of hydrogen-bond acceptors (Lipinski definition) is 3. The summed E-state index contributed by atoms with van der Waals surface area (Å²) >= 11 is 0. The van der Waals surface area contributed by atoms with Gasteiger partial charge in [0.25, 0.3) is 0 Å². The highest BCUT2D eigenvalue weighted by Gasteiger charge is 2.36. The van der Waals surface area contributed by atoms with Crippen LogP contribution in [0.2, 0.25) is 0 Å². The molecule has 3 heteroatoms. The molecule has 2 atom stereocenters. The van der Waals surface area contributed by atoms with Crippen molar-refractivity contribution >= 4 is 0 Å². The summed E-state index contributed by atoms with van der Waals surface area (Å²) in [6, 6.07) is 1.48. The number of fused-ring (bicyclic) bond motifs is 1. The van der Waals surface area contributed by atoms with Crippen LogP contribution in [0.1, 0.15) is 19.3 Å². The van der Waals surface area contributed by atoms with Crippen molar-refractivity contribution in [3.05, 3.63) is 0 Å². The molecule has 2 aliphatic heterocycles. The van der Waals surface area contributed by atoms with Crippen LogP contribution in [-0.2, 0) is 0 Å². The van der Waals surface area contributed by atoms with Crippen molar-refractivity contribution < 1.29 is 0 Å². The van der Waals surface area contributed by atoms with E-state index in [1.54, 1.807) is 0 Å². The number of nitrogens with two attached hydrogens (primary N) is 1. The van der Waals surface area contributed by atoms with Gasteiger partial charge in [0.2, 0.25) is 0 Å². The van der Waals surface area contributed by atoms with Crippen LogP contribution in [0.15, 0.2) is 0 Å². The average molecular weight is 169 g/mol. The zero-order chi connectivity index (χ0) is 8.39. The van der Waals surface area contributed by atoms with Crippen LogP contribution in [0.25, 0.3) is 0 Å². The highest BCUT2D eigenvalue weighted by molar-refractivity contribution is 4.94. The van der Waals surface area contributed by atoms with Gasteiger partial charge in [-0.1, -0.05) is 0 Å². The third-order valence-corrected chi connectivity index (χ3v) is 3.15. The lowest BCUT2D eigenvalue weighted by Crippen LogP contribution is -2.62. The van der Waals surface area contributed by atoms with Gasteiger partial charge < -0.3 is 11.1 Å². The van der Waals surface area contributed by atoms with Gasteiger partial charge in [0.1, 0.15) is 0 Å². The summed E-state index contributed by atoms with van der Waals surface area (Å²) in [7, 11) is 0. The molecule has 0 unspecified atom stereocenters. The number of nitrogens with one attached hydrogen (secondary N) is 1. The zero-order valence-corrected chi connectivity index (χ0v) is 7.63. The Morgan fingerprint density at radius 2 is 2.33 bits per heavy atom. The van der Waals surface area contributed by atoms with Crippen molar-refractivity contribution in [2.24, 2.45) is 5.73 Å². The molecule has 12 heavy (non-hydrogen) atoms. The highest BCUT2D eigenvalue weighted by atomic mass is 15.3. The van der Waals surface area contributed by atoms with Gasteiger partial charge in [-0.05, 0) is 32.4 Å². The van der Waals surface area contributed by atoms with Crippen molar-refractivity contribution in [1.29, 1.82) is 0 Å². The Hall–Kier alpha value is -0.120. The van der Waals surface area contributed by atoms with Gasteiger partial charge in [0.15, 0.2) is 0 Å². The fourth-order valence-corrected chi connectivity index (χ4v) is 2.36. The predicted molar refractivity (Wildman–Crippen MR) is 50.1 cm³/mol. The molecule has 2 rings (SSSR count). The van der Waals surface area contributed by atoms with E-state index in [4.69, 9.17) is 5.73 Å². The minimum Gasteiger partial charge on any atom is -0.329 e. The first kappa shape index (κ1) is 8.48. The second kappa shape index (κ2) is 3.73. The third-order valence-electron chi connectivity index (χ3n) is 3.15. The van der Waals surface area contributed by atoms with E-state index in [9.17, 15) is 0 Å². The van der Waals surface area contributed by atoms with Gasteiger partial charge >= 0.3 is 0 Å². The normalized spacial score (nSPS) is 37.8. The first-order valence-corrected chi connectivity index (χ1v) is 5.08. The van der Waals surface area contributed by atoms with Crippen molar-refractivity contribution in [1.82, 2.24) is 10.2 Å². The monoisotopic (exact) mass is 169 g/mol. The van der Waals surface area contributed by atoms with E-state index >= 15 is 0 Å². The molecule has 2 saturated heterocycles. The summed E-state index contributed by atoms with van der Waals surface area (Å²) in [4.78, 5) is 2.58. The summed E-state index contributed by atoms with van der Waals surface area (Å²) in [5.74, 6) is 0. The Balaban J connectivity index is 1.86. The van der Waals surface area contributed by atoms with Crippen LogP contribution in [-0.4, -0.2) is 43.2 Å². The van der Waals surface area contributed by atoms with Crippen LogP contribution in [0.3, 0.4) is 0 Å². The molecule has 0 aromatic heterocycles. The molecular weight excluding hydrogens is 150 g/mol. The van der Waals surface area contributed by atoms with Crippen molar-refractivity contribution in [2.75, 3.05) is 26.2 Å². The largest absolute Gasteiger partial charge is 0.329 e. The van der Waals surface area contributed by atoms with Crippen molar-refractivity contribution in [3.63, 3.8) is 0 Å². The molecule has 2 aliphatic rings. The van der Waals surface area contributed by atoms with Gasteiger partial charge in [-0.15, -0.1) is 0 Å². The second-order valence-corrected chi connectivity index (χ2v) is 3.93. The molecule has 2 fully saturated rings. The lowest BCUT2D eigenvalue weighted by atomic mass is 9.91. The highest BCUT2D eigenvalue weighted by Crippen LogP contribution is 2.25. The summed E-state index contributed by atoms with van der Waals surface area (Å²) < 4.78 is 0. The van der Waals surface area contributed by atoms with Gasteiger partial charge in [-0.2, -0.15) is 0 Å². The average Bonchev–Trinajstić information content (AvgIpc) is 2.04. The molecule has 3 nitrogen and oxygen atoms in total. The molecule has 3 N–H and O–H groups in total. The molecule has 0 saturated carbocycles. The molecule has 0 aromatic carbocycles. The molecule has 0 aromatic rings. The molecule has 2 heterocycles. The summed E-state index contributed by atoms with van der Waals surface area (Å²) in [5.41, 5.74) is 5.67. The number of hydrogen-bond donors (Lipinski definition) is 2. The number of nitrogens with zero attached hydrogens (tertiary/aromatic N) is 1. The smallest absolute Gasteiger partial charge is 0.0239 e. The summed E-state index contributed by atoms with van der Waals surface area (Å²) in [6.07, 6.45) is 3.96. The predicted octanol–water partition coefficient (Wildman–Crippen LogP) is -0.229. The first-order valence-electron chi connectivity index (χ1n) is 5.08. The van der Waals surface area contributed by atoms with Crippen LogP contribution < -0.4 is 11.1 Å². The fourth-order valence-electron chi connectivity index (χ4n) is 2.36. The Kier molecular flexibility index (Phi) is 2.63. The van der Waals surface area contributed by atoms with Crippen LogP contribution in [0.5, 0.6) is 0 Å². The maximum Gasteiger partial charge on any atom is 0.0239 e. The molecular formula is C9H19N3. The maximum atomic E-state index is 5.67. The van der Waals surface area contributed by atoms with E-state index in [1.165, 1.54) is 38.9 Å². The first-order chi connectivity index (χ1) is 5.92. The Labute approximate surface area is 74.3 Å². The van der Waals surface area contributed by atoms with Crippen molar-refractivity contribution in [2.45, 2.75) is 31.3 Å². The molecule has 0 amide bonds. The van der Waals surface area contributed by atoms with Gasteiger partial charge in [0, 0.05) is 25.2 Å². The van der Waals surface area contributed by atoms with E-state index in [2.05, 4.69) is 10.2 Å². The topological polar surface area (TPSA) is 41.3 Å². The Morgan fingerprint density at radius 1 is 1.42 bits per heavy atom. The molecule has 0 radical (unpaired) electrons. The van der Waals surface area contributed by atoms with Crippen LogP contribution in [0, 0.1) is 0 Å². The SMILES string of the molecule is NC[C@@H]1C[C@@H]2CNCCCCN12. The van der Waals surface area contributed by atoms with E-state index in [-0.39, 0.29) is 0 Å². The standard InChI is InChI=1S/C9H19N3/c10-6-8-5-9-7-11-3-1-2-4-12(8)9/h8-9,11H,1-7,10H2/t8-,9+/m0/s1.